The Balaban J connectivity index is 2.04. The van der Waals surface area contributed by atoms with Crippen molar-refractivity contribution < 1.29 is 8.42 Å². The maximum absolute atomic E-state index is 12.2. The lowest BCUT2D eigenvalue weighted by Gasteiger charge is -2.08. The average molecular weight is 369 g/mol. The summed E-state index contributed by atoms with van der Waals surface area (Å²) in [4.78, 5) is 0.247. The van der Waals surface area contributed by atoms with Gasteiger partial charge in [-0.1, -0.05) is 46.3 Å². The van der Waals surface area contributed by atoms with Gasteiger partial charge < -0.3 is 5.73 Å². The maximum Gasteiger partial charge on any atom is 0.240 e. The van der Waals surface area contributed by atoms with Gasteiger partial charge in [-0.25, -0.2) is 13.1 Å². The highest BCUT2D eigenvalue weighted by Gasteiger charge is 2.13. The molecule has 0 aliphatic heterocycles. The van der Waals surface area contributed by atoms with Crippen LogP contribution in [0.4, 0.5) is 0 Å². The van der Waals surface area contributed by atoms with E-state index >= 15 is 0 Å². The van der Waals surface area contributed by atoms with E-state index in [4.69, 9.17) is 5.73 Å². The molecule has 2 aromatic carbocycles. The summed E-state index contributed by atoms with van der Waals surface area (Å²) in [6.45, 7) is 0.868. The normalized spacial score (nSPS) is 11.5. The number of rotatable bonds is 6. The zero-order valence-corrected chi connectivity index (χ0v) is 13.8. The first-order chi connectivity index (χ1) is 10.0. The SMILES string of the molecule is NCCc1ccc(CNS(=O)(=O)c2cccc(Br)c2)cc1. The zero-order valence-electron chi connectivity index (χ0n) is 11.4. The molecule has 21 heavy (non-hydrogen) atoms. The molecule has 0 bridgehead atoms. The molecule has 3 N–H and O–H groups in total. The molecule has 0 aromatic heterocycles. The predicted molar refractivity (Wildman–Crippen MR) is 87.4 cm³/mol. The summed E-state index contributed by atoms with van der Waals surface area (Å²) < 4.78 is 27.7. The summed E-state index contributed by atoms with van der Waals surface area (Å²) >= 11 is 3.27. The topological polar surface area (TPSA) is 72.2 Å². The number of hydrogen-bond acceptors (Lipinski definition) is 3. The van der Waals surface area contributed by atoms with Crippen molar-refractivity contribution in [3.05, 3.63) is 64.1 Å². The van der Waals surface area contributed by atoms with Crippen LogP contribution < -0.4 is 10.5 Å². The standard InChI is InChI=1S/C15H17BrN2O2S/c16-14-2-1-3-15(10-14)21(19,20)18-11-13-6-4-12(5-7-13)8-9-17/h1-7,10,18H,8-9,11,17H2. The number of nitrogens with two attached hydrogens (primary N) is 1. The van der Waals surface area contributed by atoms with E-state index in [2.05, 4.69) is 20.7 Å². The molecule has 0 saturated heterocycles. The van der Waals surface area contributed by atoms with E-state index in [1.807, 2.05) is 24.3 Å². The predicted octanol–water partition coefficient (Wildman–Crippen LogP) is 2.43. The molecule has 2 aromatic rings. The van der Waals surface area contributed by atoms with Gasteiger partial charge >= 0.3 is 0 Å². The van der Waals surface area contributed by atoms with Gasteiger partial charge in [-0.05, 0) is 42.3 Å². The van der Waals surface area contributed by atoms with Gasteiger partial charge in [0.05, 0.1) is 4.90 Å². The van der Waals surface area contributed by atoms with Crippen LogP contribution >= 0.6 is 15.9 Å². The van der Waals surface area contributed by atoms with Gasteiger partial charge in [-0.2, -0.15) is 0 Å². The number of hydrogen-bond donors (Lipinski definition) is 2. The third-order valence-corrected chi connectivity index (χ3v) is 4.92. The molecule has 2 rings (SSSR count). The molecule has 0 radical (unpaired) electrons. The Morgan fingerprint density at radius 1 is 1.05 bits per heavy atom. The van der Waals surface area contributed by atoms with Crippen LogP contribution in [0.2, 0.25) is 0 Å². The van der Waals surface area contributed by atoms with Crippen molar-refractivity contribution >= 4 is 26.0 Å². The Kier molecular flexibility index (Phi) is 5.52. The first-order valence-electron chi connectivity index (χ1n) is 6.54. The third-order valence-electron chi connectivity index (χ3n) is 3.03. The molecule has 0 saturated carbocycles. The summed E-state index contributed by atoms with van der Waals surface area (Å²) in [7, 11) is -3.50. The van der Waals surface area contributed by atoms with Crippen LogP contribution in [0.25, 0.3) is 0 Å². The van der Waals surface area contributed by atoms with Crippen molar-refractivity contribution in [2.75, 3.05) is 6.54 Å². The summed E-state index contributed by atoms with van der Waals surface area (Å²) in [6.07, 6.45) is 0.823. The lowest BCUT2D eigenvalue weighted by molar-refractivity contribution is 0.581. The fourth-order valence-electron chi connectivity index (χ4n) is 1.89. The molecule has 0 aliphatic rings. The van der Waals surface area contributed by atoms with Crippen LogP contribution in [0, 0.1) is 0 Å². The van der Waals surface area contributed by atoms with E-state index in [9.17, 15) is 8.42 Å². The minimum absolute atomic E-state index is 0.247. The average Bonchev–Trinajstić information content (AvgIpc) is 2.47. The summed E-state index contributed by atoms with van der Waals surface area (Å²) in [6, 6.07) is 14.4. The highest BCUT2D eigenvalue weighted by atomic mass is 79.9. The summed E-state index contributed by atoms with van der Waals surface area (Å²) in [5.74, 6) is 0. The first kappa shape index (κ1) is 16.2. The van der Waals surface area contributed by atoms with Gasteiger partial charge in [0.2, 0.25) is 10.0 Å². The molecule has 0 fully saturated rings. The van der Waals surface area contributed by atoms with E-state index in [0.717, 1.165) is 22.0 Å². The fourth-order valence-corrected chi connectivity index (χ4v) is 3.50. The van der Waals surface area contributed by atoms with E-state index in [0.29, 0.717) is 6.54 Å². The molecule has 0 spiro atoms. The van der Waals surface area contributed by atoms with Crippen molar-refractivity contribution in [3.63, 3.8) is 0 Å². The Morgan fingerprint density at radius 3 is 2.33 bits per heavy atom. The Labute approximate surface area is 133 Å². The Bertz CT molecular complexity index is 700. The first-order valence-corrected chi connectivity index (χ1v) is 8.82. The van der Waals surface area contributed by atoms with E-state index in [1.165, 1.54) is 0 Å². The van der Waals surface area contributed by atoms with Gasteiger partial charge in [-0.15, -0.1) is 0 Å². The highest BCUT2D eigenvalue weighted by molar-refractivity contribution is 9.10. The largest absolute Gasteiger partial charge is 0.330 e. The van der Waals surface area contributed by atoms with Crippen molar-refractivity contribution in [1.82, 2.24) is 4.72 Å². The second-order valence-electron chi connectivity index (χ2n) is 4.64. The van der Waals surface area contributed by atoms with Crippen molar-refractivity contribution in [2.45, 2.75) is 17.9 Å². The monoisotopic (exact) mass is 368 g/mol. The minimum atomic E-state index is -3.50. The van der Waals surface area contributed by atoms with Gasteiger partial charge in [0, 0.05) is 11.0 Å². The van der Waals surface area contributed by atoms with Crippen molar-refractivity contribution in [3.8, 4) is 0 Å². The van der Waals surface area contributed by atoms with Crippen LogP contribution in [0.15, 0.2) is 57.9 Å². The number of nitrogens with one attached hydrogen (secondary N) is 1. The molecule has 112 valence electrons. The molecule has 0 heterocycles. The van der Waals surface area contributed by atoms with Crippen LogP contribution in [0.5, 0.6) is 0 Å². The van der Waals surface area contributed by atoms with Crippen LogP contribution in [0.3, 0.4) is 0 Å². The molecule has 6 heteroatoms. The second-order valence-corrected chi connectivity index (χ2v) is 7.32. The quantitative estimate of drug-likeness (QED) is 0.822. The third kappa shape index (κ3) is 4.64. The van der Waals surface area contributed by atoms with E-state index in [1.54, 1.807) is 24.3 Å². The molecular weight excluding hydrogens is 352 g/mol. The molecule has 4 nitrogen and oxygen atoms in total. The van der Waals surface area contributed by atoms with Gasteiger partial charge in [-0.3, -0.25) is 0 Å². The summed E-state index contributed by atoms with van der Waals surface area (Å²) in [5.41, 5.74) is 7.56. The lowest BCUT2D eigenvalue weighted by atomic mass is 10.1. The minimum Gasteiger partial charge on any atom is -0.330 e. The molecule has 0 atom stereocenters. The molecule has 0 unspecified atom stereocenters. The zero-order chi connectivity index (χ0) is 15.3. The number of halogens is 1. The molecule has 0 aliphatic carbocycles. The molecular formula is C15H17BrN2O2S. The van der Waals surface area contributed by atoms with Crippen molar-refractivity contribution in [2.24, 2.45) is 5.73 Å². The van der Waals surface area contributed by atoms with Crippen LogP contribution in [-0.4, -0.2) is 15.0 Å². The molecule has 0 amide bonds. The Hall–Kier alpha value is -1.21. The van der Waals surface area contributed by atoms with Crippen LogP contribution in [-0.2, 0) is 23.0 Å². The van der Waals surface area contributed by atoms with Gasteiger partial charge in [0.15, 0.2) is 0 Å². The number of sulfonamides is 1. The lowest BCUT2D eigenvalue weighted by Crippen LogP contribution is -2.23. The second kappa shape index (κ2) is 7.17. The maximum atomic E-state index is 12.2. The Morgan fingerprint density at radius 2 is 1.71 bits per heavy atom. The van der Waals surface area contributed by atoms with E-state index < -0.39 is 10.0 Å². The smallest absolute Gasteiger partial charge is 0.240 e. The highest BCUT2D eigenvalue weighted by Crippen LogP contribution is 2.16. The van der Waals surface area contributed by atoms with Crippen LogP contribution in [0.1, 0.15) is 11.1 Å². The van der Waals surface area contributed by atoms with Crippen molar-refractivity contribution in [1.29, 1.82) is 0 Å². The fraction of sp³-hybridized carbons (Fsp3) is 0.200. The number of benzene rings is 2. The van der Waals surface area contributed by atoms with E-state index in [-0.39, 0.29) is 11.4 Å². The van der Waals surface area contributed by atoms with Gasteiger partial charge in [0.25, 0.3) is 0 Å². The van der Waals surface area contributed by atoms with Gasteiger partial charge in [0.1, 0.15) is 0 Å². The summed E-state index contributed by atoms with van der Waals surface area (Å²) in [5, 5.41) is 0.